The molecule has 2 N–H and O–H groups in total. The van der Waals surface area contributed by atoms with Gasteiger partial charge in [0.1, 0.15) is 0 Å². The van der Waals surface area contributed by atoms with Crippen molar-refractivity contribution in [3.63, 3.8) is 0 Å². The summed E-state index contributed by atoms with van der Waals surface area (Å²) in [5, 5.41) is 6.81. The number of guanidine groups is 1. The quantitative estimate of drug-likeness (QED) is 0.586. The Labute approximate surface area is 158 Å². The van der Waals surface area contributed by atoms with Crippen LogP contribution in [0.2, 0.25) is 0 Å². The van der Waals surface area contributed by atoms with E-state index in [2.05, 4.69) is 53.7 Å². The first-order valence-electron chi connectivity index (χ1n) is 9.34. The van der Waals surface area contributed by atoms with Crippen LogP contribution in [-0.4, -0.2) is 51.6 Å². The van der Waals surface area contributed by atoms with Gasteiger partial charge in [-0.1, -0.05) is 31.2 Å². The molecule has 0 radical (unpaired) electrons. The van der Waals surface area contributed by atoms with Crippen LogP contribution in [0.25, 0.3) is 0 Å². The van der Waals surface area contributed by atoms with Crippen LogP contribution in [0.15, 0.2) is 29.3 Å². The molecule has 26 heavy (non-hydrogen) atoms. The summed E-state index contributed by atoms with van der Waals surface area (Å²) in [5.74, 6) is 1.24. The second kappa shape index (κ2) is 9.37. The molecule has 7 heteroatoms. The van der Waals surface area contributed by atoms with Gasteiger partial charge in [0.2, 0.25) is 10.0 Å². The summed E-state index contributed by atoms with van der Waals surface area (Å²) in [4.78, 5) is 4.31. The van der Waals surface area contributed by atoms with Crippen molar-refractivity contribution in [3.8, 4) is 0 Å². The molecule has 0 aliphatic carbocycles. The SMILES string of the molecule is CCc1ccc(C(C)NC(=NC)NCC2CCN(S(C)(=O)=O)CC2)cc1. The molecule has 0 spiro atoms. The minimum Gasteiger partial charge on any atom is -0.356 e. The highest BCUT2D eigenvalue weighted by atomic mass is 32.2. The fourth-order valence-corrected chi connectivity index (χ4v) is 4.09. The number of nitrogens with one attached hydrogen (secondary N) is 2. The summed E-state index contributed by atoms with van der Waals surface area (Å²) in [6.45, 7) is 6.30. The van der Waals surface area contributed by atoms with Crippen molar-refractivity contribution in [2.45, 2.75) is 39.2 Å². The number of aryl methyl sites for hydroxylation is 1. The molecule has 1 saturated heterocycles. The highest BCUT2D eigenvalue weighted by Gasteiger charge is 2.24. The zero-order chi connectivity index (χ0) is 19.2. The average molecular weight is 381 g/mol. The van der Waals surface area contributed by atoms with Crippen LogP contribution in [0.1, 0.15) is 43.9 Å². The highest BCUT2D eigenvalue weighted by Crippen LogP contribution is 2.18. The van der Waals surface area contributed by atoms with Gasteiger partial charge < -0.3 is 10.6 Å². The van der Waals surface area contributed by atoms with Crippen LogP contribution in [0.5, 0.6) is 0 Å². The zero-order valence-corrected chi connectivity index (χ0v) is 17.1. The maximum atomic E-state index is 11.6. The number of sulfonamides is 1. The summed E-state index contributed by atoms with van der Waals surface area (Å²) >= 11 is 0. The van der Waals surface area contributed by atoms with Crippen molar-refractivity contribution in [2.75, 3.05) is 32.9 Å². The minimum absolute atomic E-state index is 0.166. The second-order valence-electron chi connectivity index (χ2n) is 7.02. The van der Waals surface area contributed by atoms with Gasteiger partial charge >= 0.3 is 0 Å². The fraction of sp³-hybridized carbons (Fsp3) is 0.632. The van der Waals surface area contributed by atoms with E-state index in [4.69, 9.17) is 0 Å². The molecule has 0 aromatic heterocycles. The van der Waals surface area contributed by atoms with Gasteiger partial charge in [-0.25, -0.2) is 12.7 Å². The summed E-state index contributed by atoms with van der Waals surface area (Å²) in [6, 6.07) is 8.81. The van der Waals surface area contributed by atoms with E-state index >= 15 is 0 Å². The smallest absolute Gasteiger partial charge is 0.211 e. The number of nitrogens with zero attached hydrogens (tertiary/aromatic N) is 2. The van der Waals surface area contributed by atoms with Gasteiger partial charge in [0.25, 0.3) is 0 Å². The monoisotopic (exact) mass is 380 g/mol. The summed E-state index contributed by atoms with van der Waals surface area (Å²) in [6.07, 6.45) is 4.09. The van der Waals surface area contributed by atoms with E-state index in [9.17, 15) is 8.42 Å². The topological polar surface area (TPSA) is 73.8 Å². The van der Waals surface area contributed by atoms with Crippen LogP contribution in [-0.2, 0) is 16.4 Å². The molecule has 1 fully saturated rings. The Kier molecular flexibility index (Phi) is 7.46. The number of piperidine rings is 1. The van der Waals surface area contributed by atoms with Crippen LogP contribution >= 0.6 is 0 Å². The van der Waals surface area contributed by atoms with Crippen LogP contribution < -0.4 is 10.6 Å². The molecule has 1 atom stereocenters. The number of hydrogen-bond acceptors (Lipinski definition) is 3. The first kappa shape index (κ1) is 20.7. The second-order valence-corrected chi connectivity index (χ2v) is 9.00. The lowest BCUT2D eigenvalue weighted by molar-refractivity contribution is 0.274. The molecule has 2 rings (SSSR count). The molecule has 0 saturated carbocycles. The third kappa shape index (κ3) is 5.99. The number of hydrogen-bond donors (Lipinski definition) is 2. The molecule has 1 aliphatic heterocycles. The Morgan fingerprint density at radius 2 is 1.88 bits per heavy atom. The molecule has 1 aromatic carbocycles. The standard InChI is InChI=1S/C19H32N4O2S/c1-5-16-6-8-18(9-7-16)15(2)22-19(20-3)21-14-17-10-12-23(13-11-17)26(4,24)25/h6-9,15,17H,5,10-14H2,1-4H3,(H2,20,21,22). The molecule has 1 heterocycles. The molecule has 0 amide bonds. The largest absolute Gasteiger partial charge is 0.356 e. The van der Waals surface area contributed by atoms with E-state index in [1.165, 1.54) is 17.4 Å². The van der Waals surface area contributed by atoms with Crippen molar-refractivity contribution in [2.24, 2.45) is 10.9 Å². The normalized spacial score (nSPS) is 18.5. The molecule has 0 bridgehead atoms. The predicted octanol–water partition coefficient (Wildman–Crippen LogP) is 2.15. The third-order valence-corrected chi connectivity index (χ3v) is 6.37. The van der Waals surface area contributed by atoms with E-state index < -0.39 is 10.0 Å². The molecule has 6 nitrogen and oxygen atoms in total. The Bertz CT molecular complexity index is 693. The van der Waals surface area contributed by atoms with Gasteiger partial charge in [-0.05, 0) is 43.2 Å². The van der Waals surface area contributed by atoms with E-state index in [1.54, 1.807) is 11.4 Å². The van der Waals surface area contributed by atoms with Gasteiger partial charge in [-0.3, -0.25) is 4.99 Å². The molecular weight excluding hydrogens is 348 g/mol. The Balaban J connectivity index is 1.80. The zero-order valence-electron chi connectivity index (χ0n) is 16.3. The van der Waals surface area contributed by atoms with E-state index in [-0.39, 0.29) is 6.04 Å². The lowest BCUT2D eigenvalue weighted by atomic mass is 9.98. The lowest BCUT2D eigenvalue weighted by Gasteiger charge is -2.30. The predicted molar refractivity (Wildman–Crippen MR) is 108 cm³/mol. The highest BCUT2D eigenvalue weighted by molar-refractivity contribution is 7.88. The van der Waals surface area contributed by atoms with Crippen LogP contribution in [0, 0.1) is 5.92 Å². The molecule has 1 aliphatic rings. The fourth-order valence-electron chi connectivity index (χ4n) is 3.21. The number of rotatable bonds is 6. The maximum absolute atomic E-state index is 11.6. The maximum Gasteiger partial charge on any atom is 0.211 e. The first-order valence-corrected chi connectivity index (χ1v) is 11.2. The van der Waals surface area contributed by atoms with Crippen molar-refractivity contribution < 1.29 is 8.42 Å². The van der Waals surface area contributed by atoms with E-state index in [1.807, 2.05) is 0 Å². The van der Waals surface area contributed by atoms with Crippen molar-refractivity contribution in [1.29, 1.82) is 0 Å². The summed E-state index contributed by atoms with van der Waals surface area (Å²) < 4.78 is 24.7. The van der Waals surface area contributed by atoms with E-state index in [0.29, 0.717) is 19.0 Å². The van der Waals surface area contributed by atoms with Crippen LogP contribution in [0.3, 0.4) is 0 Å². The average Bonchev–Trinajstić information content (AvgIpc) is 2.64. The van der Waals surface area contributed by atoms with Crippen molar-refractivity contribution >= 4 is 16.0 Å². The van der Waals surface area contributed by atoms with Gasteiger partial charge in [0.15, 0.2) is 5.96 Å². The Morgan fingerprint density at radius 1 is 1.27 bits per heavy atom. The van der Waals surface area contributed by atoms with Gasteiger partial charge in [-0.15, -0.1) is 0 Å². The van der Waals surface area contributed by atoms with Gasteiger partial charge in [0.05, 0.1) is 12.3 Å². The lowest BCUT2D eigenvalue weighted by Crippen LogP contribution is -2.44. The Hall–Kier alpha value is -1.60. The van der Waals surface area contributed by atoms with Crippen molar-refractivity contribution in [1.82, 2.24) is 14.9 Å². The van der Waals surface area contributed by atoms with E-state index in [0.717, 1.165) is 31.8 Å². The third-order valence-electron chi connectivity index (χ3n) is 5.07. The summed E-state index contributed by atoms with van der Waals surface area (Å²) in [7, 11) is -1.29. The first-order chi connectivity index (χ1) is 12.3. The molecule has 1 aromatic rings. The Morgan fingerprint density at radius 3 is 2.38 bits per heavy atom. The van der Waals surface area contributed by atoms with Crippen LogP contribution in [0.4, 0.5) is 0 Å². The molecular formula is C19H32N4O2S. The van der Waals surface area contributed by atoms with Gasteiger partial charge in [-0.2, -0.15) is 0 Å². The number of aliphatic imine (C=N–C) groups is 1. The van der Waals surface area contributed by atoms with Crippen molar-refractivity contribution in [3.05, 3.63) is 35.4 Å². The summed E-state index contributed by atoms with van der Waals surface area (Å²) in [5.41, 5.74) is 2.57. The molecule has 146 valence electrons. The molecule has 1 unspecified atom stereocenters. The minimum atomic E-state index is -3.06. The van der Waals surface area contributed by atoms with Gasteiger partial charge in [0, 0.05) is 26.7 Å². The number of benzene rings is 1.